The molecular weight excluding hydrogens is 392 g/mol. The molecule has 0 aliphatic carbocycles. The fourth-order valence-corrected chi connectivity index (χ4v) is 3.99. The standard InChI is InChI=1S/C24H18N4OS/c1-17-6-4-9-20(12-17)27-24-28(26-15-18-7-5-11-25-14-18)21(16-30-24)23-13-19-8-2-3-10-22(19)29-23/h2-16H,1H3/b26-15+,27-24?. The molecule has 5 aromatic rings. The molecule has 0 radical (unpaired) electrons. The van der Waals surface area contributed by atoms with Crippen molar-refractivity contribution in [2.45, 2.75) is 6.92 Å². The van der Waals surface area contributed by atoms with E-state index in [9.17, 15) is 0 Å². The van der Waals surface area contributed by atoms with Crippen molar-refractivity contribution in [3.05, 3.63) is 100 Å². The number of aryl methyl sites for hydroxylation is 1. The number of nitrogens with zero attached hydrogens (tertiary/aromatic N) is 4. The van der Waals surface area contributed by atoms with E-state index in [2.05, 4.69) is 24.0 Å². The zero-order valence-electron chi connectivity index (χ0n) is 16.3. The Morgan fingerprint density at radius 3 is 2.80 bits per heavy atom. The molecule has 3 aromatic heterocycles. The lowest BCUT2D eigenvalue weighted by Crippen LogP contribution is -2.11. The number of benzene rings is 2. The van der Waals surface area contributed by atoms with Crippen LogP contribution in [0, 0.1) is 6.92 Å². The summed E-state index contributed by atoms with van der Waals surface area (Å²) in [6.07, 6.45) is 5.29. The number of para-hydroxylation sites is 1. The Morgan fingerprint density at radius 1 is 1.03 bits per heavy atom. The number of furan rings is 1. The van der Waals surface area contributed by atoms with Gasteiger partial charge in [0.05, 0.1) is 11.9 Å². The molecule has 0 atom stereocenters. The minimum Gasteiger partial charge on any atom is -0.454 e. The Hall–Kier alpha value is -3.77. The lowest BCUT2D eigenvalue weighted by atomic mass is 10.2. The van der Waals surface area contributed by atoms with Crippen molar-refractivity contribution < 1.29 is 4.42 Å². The molecule has 30 heavy (non-hydrogen) atoms. The van der Waals surface area contributed by atoms with E-state index in [0.29, 0.717) is 0 Å². The van der Waals surface area contributed by atoms with Gasteiger partial charge in [0.2, 0.25) is 4.80 Å². The Morgan fingerprint density at radius 2 is 1.97 bits per heavy atom. The fourth-order valence-electron chi connectivity index (χ4n) is 3.15. The Labute approximate surface area is 177 Å². The van der Waals surface area contributed by atoms with E-state index in [1.54, 1.807) is 18.6 Å². The molecule has 0 saturated carbocycles. The molecule has 0 aliphatic rings. The molecular formula is C24H18N4OS. The van der Waals surface area contributed by atoms with E-state index in [1.807, 2.05) is 64.7 Å². The van der Waals surface area contributed by atoms with Gasteiger partial charge in [-0.2, -0.15) is 5.10 Å². The van der Waals surface area contributed by atoms with Crippen LogP contribution in [0.2, 0.25) is 0 Å². The first kappa shape index (κ1) is 18.3. The van der Waals surface area contributed by atoms with Crippen LogP contribution >= 0.6 is 11.3 Å². The van der Waals surface area contributed by atoms with Crippen molar-refractivity contribution in [2.75, 3.05) is 0 Å². The summed E-state index contributed by atoms with van der Waals surface area (Å²) in [4.78, 5) is 9.74. The number of thiazole rings is 1. The summed E-state index contributed by atoms with van der Waals surface area (Å²) in [6.45, 7) is 2.06. The molecule has 6 heteroatoms. The highest BCUT2D eigenvalue weighted by Crippen LogP contribution is 2.28. The highest BCUT2D eigenvalue weighted by atomic mass is 32.1. The molecule has 2 aromatic carbocycles. The quantitative estimate of drug-likeness (QED) is 0.353. The van der Waals surface area contributed by atoms with Gasteiger partial charge >= 0.3 is 0 Å². The third-order valence-corrected chi connectivity index (χ3v) is 5.41. The van der Waals surface area contributed by atoms with E-state index in [4.69, 9.17) is 14.5 Å². The van der Waals surface area contributed by atoms with E-state index in [-0.39, 0.29) is 0 Å². The summed E-state index contributed by atoms with van der Waals surface area (Å²) < 4.78 is 7.90. The summed E-state index contributed by atoms with van der Waals surface area (Å²) >= 11 is 1.52. The van der Waals surface area contributed by atoms with E-state index in [0.717, 1.165) is 44.0 Å². The molecule has 0 N–H and O–H groups in total. The molecule has 0 fully saturated rings. The van der Waals surface area contributed by atoms with E-state index >= 15 is 0 Å². The van der Waals surface area contributed by atoms with Gasteiger partial charge in [-0.1, -0.05) is 36.4 Å². The summed E-state index contributed by atoms with van der Waals surface area (Å²) in [6, 6.07) is 22.0. The third-order valence-electron chi connectivity index (χ3n) is 4.60. The predicted molar refractivity (Wildman–Crippen MR) is 121 cm³/mol. The molecule has 0 bridgehead atoms. The van der Waals surface area contributed by atoms with Crippen molar-refractivity contribution >= 4 is 34.2 Å². The van der Waals surface area contributed by atoms with Gasteiger partial charge in [-0.3, -0.25) is 4.98 Å². The minimum atomic E-state index is 0.751. The van der Waals surface area contributed by atoms with Crippen LogP contribution in [0.25, 0.3) is 22.4 Å². The first-order chi connectivity index (χ1) is 14.8. The maximum absolute atomic E-state index is 6.09. The second-order valence-electron chi connectivity index (χ2n) is 6.85. The molecule has 0 aliphatic heterocycles. The van der Waals surface area contributed by atoms with Gasteiger partial charge in [0.15, 0.2) is 5.76 Å². The first-order valence-corrected chi connectivity index (χ1v) is 10.4. The second kappa shape index (κ2) is 7.93. The van der Waals surface area contributed by atoms with Gasteiger partial charge in [0.1, 0.15) is 11.3 Å². The molecule has 5 nitrogen and oxygen atoms in total. The van der Waals surface area contributed by atoms with Crippen LogP contribution in [0.1, 0.15) is 11.1 Å². The van der Waals surface area contributed by atoms with Crippen molar-refractivity contribution in [1.29, 1.82) is 0 Å². The first-order valence-electron chi connectivity index (χ1n) is 9.51. The molecule has 0 unspecified atom stereocenters. The van der Waals surface area contributed by atoms with Crippen LogP contribution in [0.4, 0.5) is 5.69 Å². The predicted octanol–water partition coefficient (Wildman–Crippen LogP) is 5.78. The van der Waals surface area contributed by atoms with Gasteiger partial charge in [0.25, 0.3) is 0 Å². The molecule has 146 valence electrons. The molecule has 5 rings (SSSR count). The average Bonchev–Trinajstić information content (AvgIpc) is 3.37. The van der Waals surface area contributed by atoms with Gasteiger partial charge in [-0.15, -0.1) is 11.3 Å². The Kier molecular flexibility index (Phi) is 4.83. The minimum absolute atomic E-state index is 0.751. The van der Waals surface area contributed by atoms with Crippen LogP contribution in [0.3, 0.4) is 0 Å². The third kappa shape index (κ3) is 3.73. The summed E-state index contributed by atoms with van der Waals surface area (Å²) in [7, 11) is 0. The highest BCUT2D eigenvalue weighted by molar-refractivity contribution is 7.07. The summed E-state index contributed by atoms with van der Waals surface area (Å²) in [5.74, 6) is 0.751. The monoisotopic (exact) mass is 410 g/mol. The second-order valence-corrected chi connectivity index (χ2v) is 7.68. The fraction of sp³-hybridized carbons (Fsp3) is 0.0417. The number of hydrogen-bond donors (Lipinski definition) is 0. The number of pyridine rings is 1. The maximum Gasteiger partial charge on any atom is 0.211 e. The number of rotatable bonds is 4. The lowest BCUT2D eigenvalue weighted by molar-refractivity contribution is 0.622. The molecule has 0 saturated heterocycles. The smallest absolute Gasteiger partial charge is 0.211 e. The normalized spacial score (nSPS) is 12.2. The Balaban J connectivity index is 1.67. The Bertz CT molecular complexity index is 1380. The lowest BCUT2D eigenvalue weighted by Gasteiger charge is -2.01. The van der Waals surface area contributed by atoms with E-state index in [1.165, 1.54) is 11.3 Å². The molecule has 0 amide bonds. The van der Waals surface area contributed by atoms with Crippen molar-refractivity contribution in [3.63, 3.8) is 0 Å². The zero-order chi connectivity index (χ0) is 20.3. The largest absolute Gasteiger partial charge is 0.454 e. The van der Waals surface area contributed by atoms with Crippen molar-refractivity contribution in [2.24, 2.45) is 10.1 Å². The highest BCUT2D eigenvalue weighted by Gasteiger charge is 2.13. The maximum atomic E-state index is 6.09. The van der Waals surface area contributed by atoms with Gasteiger partial charge in [-0.05, 0) is 42.8 Å². The molecule has 3 heterocycles. The summed E-state index contributed by atoms with van der Waals surface area (Å²) in [5.41, 5.74) is 4.66. The van der Waals surface area contributed by atoms with Crippen LogP contribution in [0.15, 0.2) is 99.0 Å². The topological polar surface area (TPSA) is 55.7 Å². The molecule has 0 spiro atoms. The van der Waals surface area contributed by atoms with Crippen LogP contribution in [-0.4, -0.2) is 15.9 Å². The van der Waals surface area contributed by atoms with E-state index < -0.39 is 0 Å². The average molecular weight is 411 g/mol. The van der Waals surface area contributed by atoms with Crippen LogP contribution in [-0.2, 0) is 0 Å². The number of hydrogen-bond acceptors (Lipinski definition) is 5. The zero-order valence-corrected chi connectivity index (χ0v) is 17.1. The summed E-state index contributed by atoms with van der Waals surface area (Å²) in [5, 5.41) is 7.78. The SMILES string of the molecule is Cc1cccc(N=c2scc(-c3cc4ccccc4o3)n2/N=C/c2cccnc2)c1. The number of fused-ring (bicyclic) bond motifs is 1. The number of aromatic nitrogens is 2. The van der Waals surface area contributed by atoms with Crippen LogP contribution in [0.5, 0.6) is 0 Å². The van der Waals surface area contributed by atoms with Crippen molar-refractivity contribution in [1.82, 2.24) is 9.66 Å². The van der Waals surface area contributed by atoms with Gasteiger partial charge in [0, 0.05) is 28.7 Å². The van der Waals surface area contributed by atoms with Crippen LogP contribution < -0.4 is 4.80 Å². The van der Waals surface area contributed by atoms with Crippen molar-refractivity contribution in [3.8, 4) is 11.5 Å². The van der Waals surface area contributed by atoms with Gasteiger partial charge in [-0.25, -0.2) is 9.67 Å². The van der Waals surface area contributed by atoms with Gasteiger partial charge < -0.3 is 4.42 Å².